The summed E-state index contributed by atoms with van der Waals surface area (Å²) in [6.45, 7) is 6.05. The summed E-state index contributed by atoms with van der Waals surface area (Å²) in [5.41, 5.74) is 2.71. The summed E-state index contributed by atoms with van der Waals surface area (Å²) in [5.74, 6) is 1.01. The molecule has 0 amide bonds. The minimum absolute atomic E-state index is 0.0361. The summed E-state index contributed by atoms with van der Waals surface area (Å²) in [5, 5.41) is 11.3. The van der Waals surface area contributed by atoms with Crippen molar-refractivity contribution in [2.24, 2.45) is 5.41 Å². The van der Waals surface area contributed by atoms with Gasteiger partial charge in [0.05, 0.1) is 12.0 Å². The molecule has 0 bridgehead atoms. The van der Waals surface area contributed by atoms with Crippen molar-refractivity contribution in [1.82, 2.24) is 19.4 Å². The van der Waals surface area contributed by atoms with Crippen LogP contribution in [0, 0.1) is 23.7 Å². The monoisotopic (exact) mass is 568 g/mol. The van der Waals surface area contributed by atoms with Gasteiger partial charge in [-0.05, 0) is 55.6 Å². The molecular weight excluding hydrogens is 537 g/mol. The molecule has 210 valence electrons. The Morgan fingerprint density at radius 2 is 1.95 bits per heavy atom. The summed E-state index contributed by atoms with van der Waals surface area (Å²) in [6, 6.07) is 9.39. The molecule has 0 radical (unpaired) electrons. The normalized spacial score (nSPS) is 19.9. The Morgan fingerprint density at radius 1 is 1.12 bits per heavy atom. The average Bonchev–Trinajstić information content (AvgIpc) is 3.69. The van der Waals surface area contributed by atoms with E-state index < -0.39 is 12.7 Å². The summed E-state index contributed by atoms with van der Waals surface area (Å²) >= 11 is 1.70. The minimum atomic E-state index is -4.39. The summed E-state index contributed by atoms with van der Waals surface area (Å²) in [7, 11) is 1.71. The van der Waals surface area contributed by atoms with Crippen LogP contribution in [0.25, 0.3) is 21.1 Å². The van der Waals surface area contributed by atoms with Crippen LogP contribution in [-0.2, 0) is 24.2 Å². The topological polar surface area (TPSA) is 70.2 Å². The number of anilines is 1. The van der Waals surface area contributed by atoms with Gasteiger partial charge in [0.1, 0.15) is 35.3 Å². The number of halogens is 3. The van der Waals surface area contributed by atoms with Crippen molar-refractivity contribution in [1.29, 1.82) is 5.26 Å². The molecule has 2 fully saturated rings. The summed E-state index contributed by atoms with van der Waals surface area (Å²) < 4.78 is 45.8. The number of hydrogen-bond acceptors (Lipinski definition) is 7. The SMILES string of the molecule is COCCc1cc2c(N3CC[C@]4(CCN(Cc5ccc6c(cc(C#N)n6CC(F)(F)F)c5C)C4)C3)ncnc2s1. The van der Waals surface area contributed by atoms with E-state index in [0.29, 0.717) is 17.5 Å². The Balaban J connectivity index is 1.18. The molecule has 1 aromatic carbocycles. The fourth-order valence-corrected chi connectivity index (χ4v) is 7.43. The molecule has 1 spiro atoms. The summed E-state index contributed by atoms with van der Waals surface area (Å²) in [4.78, 5) is 16.3. The van der Waals surface area contributed by atoms with Gasteiger partial charge in [-0.25, -0.2) is 9.97 Å². The predicted molar refractivity (Wildman–Crippen MR) is 150 cm³/mol. The third-order valence-corrected chi connectivity index (χ3v) is 9.58. The van der Waals surface area contributed by atoms with Crippen LogP contribution in [0.1, 0.15) is 34.5 Å². The zero-order chi connectivity index (χ0) is 28.1. The second-order valence-corrected chi connectivity index (χ2v) is 12.2. The molecule has 4 aromatic rings. The van der Waals surface area contributed by atoms with E-state index in [9.17, 15) is 18.4 Å². The van der Waals surface area contributed by atoms with Crippen molar-refractivity contribution in [2.75, 3.05) is 44.8 Å². The van der Waals surface area contributed by atoms with Crippen LogP contribution in [0.15, 0.2) is 30.6 Å². The number of ether oxygens (including phenoxy) is 1. The maximum absolute atomic E-state index is 13.2. The zero-order valence-electron chi connectivity index (χ0n) is 22.6. The molecule has 2 aliphatic rings. The van der Waals surface area contributed by atoms with Gasteiger partial charge in [0.2, 0.25) is 0 Å². The van der Waals surface area contributed by atoms with Crippen LogP contribution in [0.5, 0.6) is 0 Å². The molecular formula is C29H31F3N6OS. The lowest BCUT2D eigenvalue weighted by Gasteiger charge is -2.26. The van der Waals surface area contributed by atoms with Crippen LogP contribution in [0.3, 0.4) is 0 Å². The molecule has 1 atom stereocenters. The Kier molecular flexibility index (Phi) is 6.97. The number of alkyl halides is 3. The molecule has 7 nitrogen and oxygen atoms in total. The smallest absolute Gasteiger partial charge is 0.384 e. The number of fused-ring (bicyclic) bond motifs is 2. The molecule has 5 heterocycles. The molecule has 11 heteroatoms. The third-order valence-electron chi connectivity index (χ3n) is 8.48. The van der Waals surface area contributed by atoms with Gasteiger partial charge in [-0.2, -0.15) is 18.4 Å². The van der Waals surface area contributed by atoms with Crippen molar-refractivity contribution in [3.05, 3.63) is 52.3 Å². The number of thiophene rings is 1. The Morgan fingerprint density at radius 3 is 2.73 bits per heavy atom. The molecule has 0 N–H and O–H groups in total. The Hall–Kier alpha value is -3.20. The molecule has 3 aromatic heterocycles. The Bertz CT molecular complexity index is 1610. The van der Waals surface area contributed by atoms with Crippen molar-refractivity contribution >= 4 is 38.3 Å². The molecule has 40 heavy (non-hydrogen) atoms. The molecule has 0 aliphatic carbocycles. The second-order valence-electron chi connectivity index (χ2n) is 11.1. The second kappa shape index (κ2) is 10.3. The number of benzene rings is 1. The fourth-order valence-electron chi connectivity index (χ4n) is 6.46. The Labute approximate surface area is 234 Å². The van der Waals surface area contributed by atoms with Gasteiger partial charge in [-0.15, -0.1) is 11.3 Å². The number of nitrogens with zero attached hydrogens (tertiary/aromatic N) is 6. The largest absolute Gasteiger partial charge is 0.406 e. The van der Waals surface area contributed by atoms with Gasteiger partial charge in [0, 0.05) is 60.9 Å². The van der Waals surface area contributed by atoms with Gasteiger partial charge in [0.25, 0.3) is 0 Å². The fraction of sp³-hybridized carbons (Fsp3) is 0.483. The van der Waals surface area contributed by atoms with Gasteiger partial charge < -0.3 is 14.2 Å². The van der Waals surface area contributed by atoms with E-state index in [1.807, 2.05) is 19.1 Å². The number of nitriles is 1. The van der Waals surface area contributed by atoms with Crippen molar-refractivity contribution < 1.29 is 17.9 Å². The highest BCUT2D eigenvalue weighted by Gasteiger charge is 2.44. The minimum Gasteiger partial charge on any atom is -0.384 e. The molecule has 2 aliphatic heterocycles. The van der Waals surface area contributed by atoms with Crippen LogP contribution < -0.4 is 4.90 Å². The molecule has 0 unspecified atom stereocenters. The first kappa shape index (κ1) is 27.0. The van der Waals surface area contributed by atoms with Crippen molar-refractivity contribution in [2.45, 2.75) is 45.5 Å². The van der Waals surface area contributed by atoms with Gasteiger partial charge in [-0.3, -0.25) is 4.90 Å². The van der Waals surface area contributed by atoms with Gasteiger partial charge >= 0.3 is 6.18 Å². The standard InChI is InChI=1S/C29H31F3N6OS/c1-19-20(3-4-25-23(19)11-21(13-33)38(25)17-29(30,31)32)14-36-8-6-28(15-36)7-9-37(16-28)26-24-12-22(5-10-39-2)40-27(24)35-18-34-26/h3-4,11-12,18H,5-10,14-17H2,1-2H3/t28-/m0/s1. The lowest BCUT2D eigenvalue weighted by atomic mass is 9.86. The number of rotatable bonds is 7. The van der Waals surface area contributed by atoms with E-state index in [0.717, 1.165) is 83.7 Å². The van der Waals surface area contributed by atoms with Crippen LogP contribution in [-0.4, -0.2) is 65.5 Å². The predicted octanol–water partition coefficient (Wildman–Crippen LogP) is 5.68. The van der Waals surface area contributed by atoms with E-state index >= 15 is 0 Å². The molecule has 0 saturated carbocycles. The van der Waals surface area contributed by atoms with Crippen molar-refractivity contribution in [3.63, 3.8) is 0 Å². The third kappa shape index (κ3) is 5.04. The quantitative estimate of drug-likeness (QED) is 0.286. The van der Waals surface area contributed by atoms with Gasteiger partial charge in [0.15, 0.2) is 0 Å². The zero-order valence-corrected chi connectivity index (χ0v) is 23.4. The lowest BCUT2D eigenvalue weighted by Crippen LogP contribution is -2.31. The molecule has 2 saturated heterocycles. The first-order valence-electron chi connectivity index (χ1n) is 13.5. The van der Waals surface area contributed by atoms with Crippen molar-refractivity contribution in [3.8, 4) is 6.07 Å². The van der Waals surface area contributed by atoms with E-state index in [-0.39, 0.29) is 11.1 Å². The van der Waals surface area contributed by atoms with Crippen LogP contribution in [0.2, 0.25) is 0 Å². The van der Waals surface area contributed by atoms with E-state index in [2.05, 4.69) is 25.8 Å². The lowest BCUT2D eigenvalue weighted by molar-refractivity contribution is -0.140. The number of aromatic nitrogens is 3. The van der Waals surface area contributed by atoms with Gasteiger partial charge in [-0.1, -0.05) is 6.07 Å². The van der Waals surface area contributed by atoms with E-state index in [4.69, 9.17) is 4.74 Å². The number of aryl methyl sites for hydroxylation is 1. The number of hydrogen-bond donors (Lipinski definition) is 0. The average molecular weight is 569 g/mol. The van der Waals surface area contributed by atoms with E-state index in [1.54, 1.807) is 36.9 Å². The first-order chi connectivity index (χ1) is 19.2. The summed E-state index contributed by atoms with van der Waals surface area (Å²) in [6.07, 6.45) is 0.336. The van der Waals surface area contributed by atoms with Crippen LogP contribution >= 0.6 is 11.3 Å². The highest BCUT2D eigenvalue weighted by Crippen LogP contribution is 2.43. The molecule has 6 rings (SSSR count). The van der Waals surface area contributed by atoms with E-state index in [1.165, 1.54) is 4.88 Å². The maximum atomic E-state index is 13.2. The maximum Gasteiger partial charge on any atom is 0.406 e. The number of likely N-dealkylation sites (tertiary alicyclic amines) is 1. The highest BCUT2D eigenvalue weighted by molar-refractivity contribution is 7.18. The highest BCUT2D eigenvalue weighted by atomic mass is 32.1. The number of methoxy groups -OCH3 is 1. The van der Waals surface area contributed by atoms with Crippen LogP contribution in [0.4, 0.5) is 19.0 Å². The first-order valence-corrected chi connectivity index (χ1v) is 14.3.